The van der Waals surface area contributed by atoms with E-state index in [0.717, 1.165) is 23.4 Å². The smallest absolute Gasteiger partial charge is 0.229 e. The summed E-state index contributed by atoms with van der Waals surface area (Å²) < 4.78 is 5.10. The maximum atomic E-state index is 11.7. The number of rotatable bonds is 3. The molecule has 4 nitrogen and oxygen atoms in total. The average molecular weight is 220 g/mol. The van der Waals surface area contributed by atoms with Crippen LogP contribution in [0.4, 0.5) is 5.69 Å². The van der Waals surface area contributed by atoms with Gasteiger partial charge in [-0.05, 0) is 37.1 Å². The number of amides is 1. The molecule has 0 bridgehead atoms. The van der Waals surface area contributed by atoms with Gasteiger partial charge in [0, 0.05) is 11.7 Å². The number of hydrogen-bond acceptors (Lipinski definition) is 3. The van der Waals surface area contributed by atoms with Crippen LogP contribution in [0.25, 0.3) is 0 Å². The molecule has 2 unspecified atom stereocenters. The molecule has 1 aliphatic carbocycles. The summed E-state index contributed by atoms with van der Waals surface area (Å²) in [6.07, 6.45) is 0.793. The molecule has 0 radical (unpaired) electrons. The summed E-state index contributed by atoms with van der Waals surface area (Å²) in [6, 6.07) is 5.61. The number of methoxy groups -OCH3 is 1. The Balaban J connectivity index is 2.06. The Morgan fingerprint density at radius 2 is 2.25 bits per heavy atom. The highest BCUT2D eigenvalue weighted by Gasteiger charge is 2.40. The van der Waals surface area contributed by atoms with Gasteiger partial charge in [0.2, 0.25) is 5.91 Å². The third-order valence-corrected chi connectivity index (χ3v) is 2.87. The predicted molar refractivity (Wildman–Crippen MR) is 62.4 cm³/mol. The lowest BCUT2D eigenvalue weighted by atomic mass is 10.2. The fourth-order valence-corrected chi connectivity index (χ4v) is 1.64. The Labute approximate surface area is 94.8 Å². The van der Waals surface area contributed by atoms with E-state index in [-0.39, 0.29) is 17.9 Å². The summed E-state index contributed by atoms with van der Waals surface area (Å²) in [4.78, 5) is 11.7. The van der Waals surface area contributed by atoms with E-state index in [9.17, 15) is 4.79 Å². The lowest BCUT2D eigenvalue weighted by Crippen LogP contribution is -2.19. The molecule has 2 rings (SSSR count). The normalized spacial score (nSPS) is 22.7. The molecule has 1 aromatic rings. The molecular formula is C12H16N2O2. The van der Waals surface area contributed by atoms with Crippen molar-refractivity contribution < 1.29 is 9.53 Å². The van der Waals surface area contributed by atoms with Gasteiger partial charge in [-0.25, -0.2) is 0 Å². The number of hydrogen-bond donors (Lipinski definition) is 2. The molecule has 86 valence electrons. The highest BCUT2D eigenvalue weighted by molar-refractivity contribution is 5.95. The van der Waals surface area contributed by atoms with Crippen LogP contribution in [0.2, 0.25) is 0 Å². The molecule has 0 aromatic heterocycles. The quantitative estimate of drug-likeness (QED) is 0.806. The maximum Gasteiger partial charge on any atom is 0.229 e. The Hall–Kier alpha value is -1.55. The number of ether oxygens (including phenoxy) is 1. The first-order valence-electron chi connectivity index (χ1n) is 5.33. The van der Waals surface area contributed by atoms with Crippen molar-refractivity contribution in [1.29, 1.82) is 0 Å². The second kappa shape index (κ2) is 4.14. The first-order valence-corrected chi connectivity index (χ1v) is 5.33. The zero-order valence-electron chi connectivity index (χ0n) is 9.49. The van der Waals surface area contributed by atoms with Crippen LogP contribution >= 0.6 is 0 Å². The number of benzene rings is 1. The van der Waals surface area contributed by atoms with Crippen molar-refractivity contribution in [2.75, 3.05) is 12.4 Å². The van der Waals surface area contributed by atoms with Gasteiger partial charge in [-0.3, -0.25) is 4.79 Å². The highest BCUT2D eigenvalue weighted by Crippen LogP contribution is 2.30. The van der Waals surface area contributed by atoms with Gasteiger partial charge in [0.1, 0.15) is 5.75 Å². The van der Waals surface area contributed by atoms with Crippen LogP contribution < -0.4 is 15.8 Å². The predicted octanol–water partition coefficient (Wildman–Crippen LogP) is 1.29. The zero-order chi connectivity index (χ0) is 11.7. The van der Waals surface area contributed by atoms with Crippen molar-refractivity contribution in [2.45, 2.75) is 19.4 Å². The monoisotopic (exact) mass is 220 g/mol. The second-order valence-electron chi connectivity index (χ2n) is 4.18. The Kier molecular flexibility index (Phi) is 2.83. The largest absolute Gasteiger partial charge is 0.497 e. The Bertz CT molecular complexity index is 417. The van der Waals surface area contributed by atoms with Gasteiger partial charge in [-0.1, -0.05) is 0 Å². The van der Waals surface area contributed by atoms with Crippen LogP contribution in [0.1, 0.15) is 12.0 Å². The number of anilines is 1. The molecular weight excluding hydrogens is 204 g/mol. The third-order valence-electron chi connectivity index (χ3n) is 2.87. The van der Waals surface area contributed by atoms with Crippen LogP contribution in [0.15, 0.2) is 18.2 Å². The van der Waals surface area contributed by atoms with Crippen molar-refractivity contribution in [3.8, 4) is 5.75 Å². The molecule has 2 atom stereocenters. The first kappa shape index (κ1) is 11.0. The standard InChI is InChI=1S/C12H16N2O2/c1-7-5-8(16-2)3-4-11(7)14-12(15)9-6-10(9)13/h3-5,9-10H,6,13H2,1-2H3,(H,14,15). The van der Waals surface area contributed by atoms with Crippen molar-refractivity contribution in [3.63, 3.8) is 0 Å². The van der Waals surface area contributed by atoms with Gasteiger partial charge in [0.15, 0.2) is 0 Å². The van der Waals surface area contributed by atoms with Crippen molar-refractivity contribution in [3.05, 3.63) is 23.8 Å². The minimum absolute atomic E-state index is 0.0125. The minimum Gasteiger partial charge on any atom is -0.497 e. The second-order valence-corrected chi connectivity index (χ2v) is 4.18. The minimum atomic E-state index is -0.0125. The first-order chi connectivity index (χ1) is 7.61. The fourth-order valence-electron chi connectivity index (χ4n) is 1.64. The summed E-state index contributed by atoms with van der Waals surface area (Å²) in [5, 5.41) is 2.88. The van der Waals surface area contributed by atoms with Gasteiger partial charge < -0.3 is 15.8 Å². The number of carbonyl (C=O) groups is 1. The molecule has 4 heteroatoms. The lowest BCUT2D eigenvalue weighted by molar-refractivity contribution is -0.117. The molecule has 3 N–H and O–H groups in total. The molecule has 1 fully saturated rings. The third kappa shape index (κ3) is 2.17. The van der Waals surface area contributed by atoms with E-state index in [1.165, 1.54) is 0 Å². The van der Waals surface area contributed by atoms with Crippen molar-refractivity contribution in [1.82, 2.24) is 0 Å². The molecule has 1 saturated carbocycles. The summed E-state index contributed by atoms with van der Waals surface area (Å²) in [7, 11) is 1.62. The van der Waals surface area contributed by atoms with E-state index in [2.05, 4.69) is 5.32 Å². The van der Waals surface area contributed by atoms with Gasteiger partial charge in [-0.2, -0.15) is 0 Å². The van der Waals surface area contributed by atoms with E-state index >= 15 is 0 Å². The number of carbonyl (C=O) groups excluding carboxylic acids is 1. The van der Waals surface area contributed by atoms with E-state index < -0.39 is 0 Å². The molecule has 0 saturated heterocycles. The van der Waals surface area contributed by atoms with Gasteiger partial charge in [0.25, 0.3) is 0 Å². The van der Waals surface area contributed by atoms with E-state index in [4.69, 9.17) is 10.5 Å². The van der Waals surface area contributed by atoms with E-state index in [1.807, 2.05) is 25.1 Å². The summed E-state index contributed by atoms with van der Waals surface area (Å²) in [5.41, 5.74) is 7.44. The van der Waals surface area contributed by atoms with Gasteiger partial charge >= 0.3 is 0 Å². The van der Waals surface area contributed by atoms with Gasteiger partial charge in [0.05, 0.1) is 13.0 Å². The number of aryl methyl sites for hydroxylation is 1. The maximum absolute atomic E-state index is 11.7. The van der Waals surface area contributed by atoms with E-state index in [0.29, 0.717) is 0 Å². The van der Waals surface area contributed by atoms with Crippen LogP contribution in [-0.4, -0.2) is 19.1 Å². The Morgan fingerprint density at radius 3 is 2.75 bits per heavy atom. The van der Waals surface area contributed by atoms with Crippen LogP contribution in [0.3, 0.4) is 0 Å². The molecule has 1 amide bonds. The average Bonchev–Trinajstić information content (AvgIpc) is 2.98. The van der Waals surface area contributed by atoms with Crippen LogP contribution in [0.5, 0.6) is 5.75 Å². The van der Waals surface area contributed by atoms with Crippen LogP contribution in [0, 0.1) is 12.8 Å². The Morgan fingerprint density at radius 1 is 1.56 bits per heavy atom. The summed E-state index contributed by atoms with van der Waals surface area (Å²) >= 11 is 0. The molecule has 1 aliphatic rings. The topological polar surface area (TPSA) is 64.3 Å². The summed E-state index contributed by atoms with van der Waals surface area (Å²) in [5.74, 6) is 0.792. The molecule has 0 aliphatic heterocycles. The highest BCUT2D eigenvalue weighted by atomic mass is 16.5. The zero-order valence-corrected chi connectivity index (χ0v) is 9.49. The van der Waals surface area contributed by atoms with Crippen molar-refractivity contribution in [2.24, 2.45) is 11.7 Å². The van der Waals surface area contributed by atoms with Gasteiger partial charge in [-0.15, -0.1) is 0 Å². The molecule has 0 heterocycles. The lowest BCUT2D eigenvalue weighted by Gasteiger charge is -2.09. The molecule has 1 aromatic carbocycles. The SMILES string of the molecule is COc1ccc(NC(=O)C2CC2N)c(C)c1. The summed E-state index contributed by atoms with van der Waals surface area (Å²) in [6.45, 7) is 1.94. The van der Waals surface area contributed by atoms with Crippen molar-refractivity contribution >= 4 is 11.6 Å². The van der Waals surface area contributed by atoms with E-state index in [1.54, 1.807) is 7.11 Å². The number of nitrogens with two attached hydrogens (primary N) is 1. The molecule has 16 heavy (non-hydrogen) atoms. The fraction of sp³-hybridized carbons (Fsp3) is 0.417. The van der Waals surface area contributed by atoms with Crippen LogP contribution in [-0.2, 0) is 4.79 Å². The number of nitrogens with one attached hydrogen (secondary N) is 1. The molecule has 0 spiro atoms.